The van der Waals surface area contributed by atoms with Crippen molar-refractivity contribution in [2.75, 3.05) is 0 Å². The molecule has 0 aliphatic heterocycles. The van der Waals surface area contributed by atoms with Crippen LogP contribution in [0.2, 0.25) is 5.02 Å². The van der Waals surface area contributed by atoms with Crippen molar-refractivity contribution in [3.05, 3.63) is 134 Å². The van der Waals surface area contributed by atoms with Gasteiger partial charge in [0.2, 0.25) is 11.7 Å². The van der Waals surface area contributed by atoms with Gasteiger partial charge in [0, 0.05) is 28.1 Å². The van der Waals surface area contributed by atoms with Gasteiger partial charge in [-0.05, 0) is 53.2 Å². The third-order valence-corrected chi connectivity index (χ3v) is 7.07. The van der Waals surface area contributed by atoms with E-state index in [0.717, 1.165) is 22.4 Å². The topological polar surface area (TPSA) is 126 Å². The van der Waals surface area contributed by atoms with Crippen molar-refractivity contribution >= 4 is 56.1 Å². The average Bonchev–Trinajstić information content (AvgIpc) is 3.44. The van der Waals surface area contributed by atoms with Crippen molar-refractivity contribution < 1.29 is 14.1 Å². The Morgan fingerprint density at radius 2 is 1.74 bits per heavy atom. The van der Waals surface area contributed by atoms with Gasteiger partial charge in [0.15, 0.2) is 5.76 Å². The molecule has 0 spiro atoms. The van der Waals surface area contributed by atoms with Gasteiger partial charge in [0.1, 0.15) is 17.5 Å². The zero-order valence-corrected chi connectivity index (χ0v) is 22.8. The van der Waals surface area contributed by atoms with Crippen molar-refractivity contribution in [2.45, 2.75) is 0 Å². The Morgan fingerprint density at radius 1 is 0.930 bits per heavy atom. The lowest BCUT2D eigenvalue weighted by molar-refractivity contribution is -0.385. The van der Waals surface area contributed by atoms with Gasteiger partial charge in [0.05, 0.1) is 22.0 Å². The predicted molar refractivity (Wildman–Crippen MR) is 164 cm³/mol. The highest BCUT2D eigenvalue weighted by Gasteiger charge is 2.18. The molecule has 7 aromatic rings. The van der Waals surface area contributed by atoms with E-state index in [9.17, 15) is 14.9 Å². The Balaban J connectivity index is 1.40. The van der Waals surface area contributed by atoms with Crippen molar-refractivity contribution in [1.29, 1.82) is 0 Å². The lowest BCUT2D eigenvalue weighted by Crippen LogP contribution is -2.20. The molecule has 0 saturated heterocycles. The van der Waals surface area contributed by atoms with Gasteiger partial charge in [0.25, 0.3) is 11.2 Å². The summed E-state index contributed by atoms with van der Waals surface area (Å²) in [5.41, 5.74) is 1.08. The van der Waals surface area contributed by atoms with E-state index in [1.165, 1.54) is 23.0 Å². The van der Waals surface area contributed by atoms with Crippen molar-refractivity contribution in [3.8, 4) is 23.2 Å². The molecule has 0 aliphatic rings. The molecule has 0 bridgehead atoms. The quantitative estimate of drug-likeness (QED) is 0.111. The molecular weight excluding hydrogens is 570 g/mol. The minimum Gasteiger partial charge on any atom is -0.453 e. The summed E-state index contributed by atoms with van der Waals surface area (Å²) in [6.45, 7) is 0. The molecule has 3 aromatic heterocycles. The number of furan rings is 1. The number of hydrogen-bond donors (Lipinski definition) is 0. The molecule has 0 saturated carbocycles. The smallest absolute Gasteiger partial charge is 0.287 e. The van der Waals surface area contributed by atoms with Crippen molar-refractivity contribution in [1.82, 2.24) is 14.6 Å². The fourth-order valence-corrected chi connectivity index (χ4v) is 4.96. The molecule has 10 nitrogen and oxygen atoms in total. The molecule has 43 heavy (non-hydrogen) atoms. The SMILES string of the molecule is O=c1c2ccccc2nc(-c2cc3cc(Cl)ccc3o2)n1N=Cc1c(Oc2ccc([N+](=O)[O-])cn2)ccc2ccccc12. The maximum Gasteiger partial charge on any atom is 0.287 e. The second-order valence-corrected chi connectivity index (χ2v) is 9.96. The highest BCUT2D eigenvalue weighted by molar-refractivity contribution is 6.31. The van der Waals surface area contributed by atoms with Gasteiger partial charge >= 0.3 is 0 Å². The summed E-state index contributed by atoms with van der Waals surface area (Å²) in [6.07, 6.45) is 2.64. The lowest BCUT2D eigenvalue weighted by Gasteiger charge is -2.11. The summed E-state index contributed by atoms with van der Waals surface area (Å²) in [7, 11) is 0. The first-order chi connectivity index (χ1) is 20.9. The van der Waals surface area contributed by atoms with Crippen LogP contribution in [-0.2, 0) is 0 Å². The summed E-state index contributed by atoms with van der Waals surface area (Å²) < 4.78 is 13.3. The van der Waals surface area contributed by atoms with E-state index in [4.69, 9.17) is 25.7 Å². The van der Waals surface area contributed by atoms with Gasteiger partial charge < -0.3 is 9.15 Å². The lowest BCUT2D eigenvalue weighted by atomic mass is 10.0. The van der Waals surface area contributed by atoms with E-state index in [1.54, 1.807) is 54.6 Å². The van der Waals surface area contributed by atoms with Crippen LogP contribution in [0, 0.1) is 10.1 Å². The van der Waals surface area contributed by atoms with Gasteiger partial charge in [-0.3, -0.25) is 14.9 Å². The zero-order chi connectivity index (χ0) is 29.5. The molecule has 7 rings (SSSR count). The van der Waals surface area contributed by atoms with Crippen LogP contribution in [0.4, 0.5) is 5.69 Å². The van der Waals surface area contributed by atoms with Crippen LogP contribution in [0.25, 0.3) is 44.2 Å². The van der Waals surface area contributed by atoms with Crippen LogP contribution < -0.4 is 10.3 Å². The van der Waals surface area contributed by atoms with E-state index in [0.29, 0.717) is 38.6 Å². The highest BCUT2D eigenvalue weighted by atomic mass is 35.5. The van der Waals surface area contributed by atoms with E-state index in [1.807, 2.05) is 30.3 Å². The van der Waals surface area contributed by atoms with Gasteiger partial charge in [-0.1, -0.05) is 54.1 Å². The molecule has 0 N–H and O–H groups in total. The molecule has 0 amide bonds. The monoisotopic (exact) mass is 587 g/mol. The first-order valence-corrected chi connectivity index (χ1v) is 13.4. The van der Waals surface area contributed by atoms with E-state index in [-0.39, 0.29) is 17.4 Å². The molecule has 11 heteroatoms. The second kappa shape index (κ2) is 10.5. The highest BCUT2D eigenvalue weighted by Crippen LogP contribution is 2.32. The third-order valence-electron chi connectivity index (χ3n) is 6.83. The summed E-state index contributed by atoms with van der Waals surface area (Å²) in [4.78, 5) is 33.1. The molecule has 0 aliphatic carbocycles. The molecule has 0 radical (unpaired) electrons. The number of halogens is 1. The Morgan fingerprint density at radius 3 is 2.56 bits per heavy atom. The fraction of sp³-hybridized carbons (Fsp3) is 0. The van der Waals surface area contributed by atoms with Crippen molar-refractivity contribution in [2.24, 2.45) is 5.10 Å². The Labute approximate surface area is 247 Å². The summed E-state index contributed by atoms with van der Waals surface area (Å²) in [5.74, 6) is 1.07. The predicted octanol–water partition coefficient (Wildman–Crippen LogP) is 7.59. The van der Waals surface area contributed by atoms with Crippen molar-refractivity contribution in [3.63, 3.8) is 0 Å². The molecule has 0 fully saturated rings. The third kappa shape index (κ3) is 4.85. The first kappa shape index (κ1) is 26.1. The largest absolute Gasteiger partial charge is 0.453 e. The molecule has 0 unspecified atom stereocenters. The molecule has 0 atom stereocenters. The van der Waals surface area contributed by atoms with Gasteiger partial charge in [-0.15, -0.1) is 0 Å². The number of hydrogen-bond acceptors (Lipinski definition) is 8. The standard InChI is InChI=1S/C32H18ClN5O5/c33-21-10-13-27-20(15-21)16-29(42-27)31-36-26-8-4-3-7-24(26)32(39)37(31)35-18-25-23-6-2-1-5-19(23)9-12-28(25)43-30-14-11-22(17-34-30)38(40)41/h1-18H. The number of nitrogens with zero attached hydrogens (tertiary/aromatic N) is 5. The number of ether oxygens (including phenoxy) is 1. The van der Waals surface area contributed by atoms with E-state index in [2.05, 4.69) is 10.1 Å². The van der Waals surface area contributed by atoms with Crippen LogP contribution >= 0.6 is 11.6 Å². The zero-order valence-electron chi connectivity index (χ0n) is 22.0. The Hall–Kier alpha value is -5.87. The van der Waals surface area contributed by atoms with Crippen LogP contribution in [-0.4, -0.2) is 25.8 Å². The maximum absolute atomic E-state index is 13.8. The number of fused-ring (bicyclic) bond motifs is 3. The number of pyridine rings is 1. The van der Waals surface area contributed by atoms with E-state index < -0.39 is 10.5 Å². The van der Waals surface area contributed by atoms with Gasteiger partial charge in [-0.25, -0.2) is 9.97 Å². The van der Waals surface area contributed by atoms with Crippen LogP contribution in [0.3, 0.4) is 0 Å². The minimum absolute atomic E-state index is 0.154. The number of aromatic nitrogens is 3. The molecular formula is C32H18ClN5O5. The van der Waals surface area contributed by atoms with E-state index >= 15 is 0 Å². The maximum atomic E-state index is 13.8. The number of rotatable bonds is 6. The summed E-state index contributed by atoms with van der Waals surface area (Å²) in [6, 6.07) is 28.0. The molecule has 4 aromatic carbocycles. The fourth-order valence-electron chi connectivity index (χ4n) is 4.78. The molecule has 208 valence electrons. The minimum atomic E-state index is -0.533. The summed E-state index contributed by atoms with van der Waals surface area (Å²) in [5, 5.41) is 19.1. The normalized spacial score (nSPS) is 11.6. The van der Waals surface area contributed by atoms with Crippen LogP contribution in [0.15, 0.2) is 118 Å². The average molecular weight is 588 g/mol. The van der Waals surface area contributed by atoms with Crippen LogP contribution in [0.5, 0.6) is 11.6 Å². The number of nitro groups is 1. The Kier molecular flexibility index (Phi) is 6.37. The Bertz CT molecular complexity index is 2290. The van der Waals surface area contributed by atoms with Crippen LogP contribution in [0.1, 0.15) is 5.56 Å². The first-order valence-electron chi connectivity index (χ1n) is 13.0. The number of para-hydroxylation sites is 1. The molecule has 3 heterocycles. The second-order valence-electron chi connectivity index (χ2n) is 9.52. The van der Waals surface area contributed by atoms with Gasteiger partial charge in [-0.2, -0.15) is 9.78 Å². The summed E-state index contributed by atoms with van der Waals surface area (Å²) >= 11 is 6.19. The number of benzene rings is 4.